The lowest BCUT2D eigenvalue weighted by Gasteiger charge is -2.26. The first-order valence-corrected chi connectivity index (χ1v) is 8.16. The molecule has 22 heavy (non-hydrogen) atoms. The van der Waals surface area contributed by atoms with E-state index in [1.807, 2.05) is 12.1 Å². The molecule has 0 spiro atoms. The fourth-order valence-corrected chi connectivity index (χ4v) is 2.11. The normalized spacial score (nSPS) is 12.5. The molecule has 2 aromatic carbocycles. The Bertz CT molecular complexity index is 584. The van der Waals surface area contributed by atoms with Crippen LogP contribution in [0.5, 0.6) is 11.5 Å². The molecular formula is C20H28O2. The topological polar surface area (TPSA) is 18.5 Å². The van der Waals surface area contributed by atoms with E-state index >= 15 is 0 Å². The highest BCUT2D eigenvalue weighted by Gasteiger charge is 2.18. The minimum atomic E-state index is -0.137. The van der Waals surface area contributed by atoms with Crippen molar-refractivity contribution in [2.45, 2.75) is 65.6 Å². The van der Waals surface area contributed by atoms with E-state index in [9.17, 15) is 0 Å². The van der Waals surface area contributed by atoms with Gasteiger partial charge in [0.05, 0.1) is 0 Å². The van der Waals surface area contributed by atoms with Crippen LogP contribution in [0.1, 0.15) is 54.4 Å². The summed E-state index contributed by atoms with van der Waals surface area (Å²) >= 11 is 0. The Kier molecular flexibility index (Phi) is 4.69. The van der Waals surface area contributed by atoms with Gasteiger partial charge in [0.15, 0.2) is 0 Å². The van der Waals surface area contributed by atoms with Crippen molar-refractivity contribution in [1.82, 2.24) is 0 Å². The number of benzene rings is 2. The van der Waals surface area contributed by atoms with Crippen LogP contribution in [0.15, 0.2) is 36.4 Å². The summed E-state index contributed by atoms with van der Waals surface area (Å²) in [4.78, 5) is 0. The van der Waals surface area contributed by atoms with E-state index < -0.39 is 0 Å². The number of hydrogen-bond acceptors (Lipinski definition) is 2. The highest BCUT2D eigenvalue weighted by Crippen LogP contribution is 2.29. The van der Waals surface area contributed by atoms with Crippen LogP contribution < -0.4 is 9.47 Å². The highest BCUT2D eigenvalue weighted by atomic mass is 16.5. The summed E-state index contributed by atoms with van der Waals surface area (Å²) in [5, 5.41) is 2.34. The summed E-state index contributed by atoms with van der Waals surface area (Å²) < 4.78 is 12.1. The molecule has 0 heterocycles. The van der Waals surface area contributed by atoms with Gasteiger partial charge >= 0.3 is 0 Å². The second-order valence-corrected chi connectivity index (χ2v) is 7.10. The van der Waals surface area contributed by atoms with E-state index in [-0.39, 0.29) is 11.2 Å². The van der Waals surface area contributed by atoms with Crippen molar-refractivity contribution in [1.29, 1.82) is 0 Å². The molecule has 0 bridgehead atoms. The Balaban J connectivity index is 2.25. The predicted octanol–water partition coefficient (Wildman–Crippen LogP) is 5.97. The number of hydrogen-bond donors (Lipinski definition) is 0. The first kappa shape index (κ1) is 16.7. The first-order chi connectivity index (χ1) is 10.2. The maximum absolute atomic E-state index is 6.06. The zero-order valence-electron chi connectivity index (χ0n) is 14.7. The molecule has 0 aromatic heterocycles. The van der Waals surface area contributed by atoms with Gasteiger partial charge in [0, 0.05) is 0 Å². The van der Waals surface area contributed by atoms with Gasteiger partial charge in [-0.15, -0.1) is 0 Å². The summed E-state index contributed by atoms with van der Waals surface area (Å²) in [6.07, 6.45) is 1.95. The average Bonchev–Trinajstić information content (AvgIpc) is 2.47. The Morgan fingerprint density at radius 1 is 0.682 bits per heavy atom. The molecule has 0 atom stereocenters. The van der Waals surface area contributed by atoms with E-state index in [2.05, 4.69) is 65.8 Å². The van der Waals surface area contributed by atoms with E-state index in [0.29, 0.717) is 0 Å². The molecule has 0 aliphatic heterocycles. The Morgan fingerprint density at radius 3 is 1.36 bits per heavy atom. The van der Waals surface area contributed by atoms with E-state index in [0.717, 1.165) is 24.3 Å². The smallest absolute Gasteiger partial charge is 0.120 e. The van der Waals surface area contributed by atoms with Gasteiger partial charge in [-0.25, -0.2) is 0 Å². The number of ether oxygens (including phenoxy) is 2. The van der Waals surface area contributed by atoms with Gasteiger partial charge in [-0.2, -0.15) is 0 Å². The first-order valence-electron chi connectivity index (χ1n) is 8.16. The Labute approximate surface area is 134 Å². The summed E-state index contributed by atoms with van der Waals surface area (Å²) in [5.74, 6) is 1.84. The maximum Gasteiger partial charge on any atom is 0.120 e. The van der Waals surface area contributed by atoms with Crippen molar-refractivity contribution in [2.24, 2.45) is 0 Å². The van der Waals surface area contributed by atoms with E-state index in [1.165, 1.54) is 10.8 Å². The monoisotopic (exact) mass is 300 g/mol. The Hall–Kier alpha value is -1.70. The number of rotatable bonds is 6. The van der Waals surface area contributed by atoms with Crippen LogP contribution in [-0.4, -0.2) is 11.2 Å². The van der Waals surface area contributed by atoms with Crippen LogP contribution >= 0.6 is 0 Å². The van der Waals surface area contributed by atoms with Crippen LogP contribution in [0.25, 0.3) is 10.8 Å². The Morgan fingerprint density at radius 2 is 1.05 bits per heavy atom. The summed E-state index contributed by atoms with van der Waals surface area (Å²) in [6, 6.07) is 12.5. The second kappa shape index (κ2) is 6.20. The molecule has 2 heteroatoms. The minimum absolute atomic E-state index is 0.137. The lowest BCUT2D eigenvalue weighted by atomic mass is 10.1. The van der Waals surface area contributed by atoms with Crippen molar-refractivity contribution < 1.29 is 9.47 Å². The van der Waals surface area contributed by atoms with Crippen LogP contribution in [0.2, 0.25) is 0 Å². The van der Waals surface area contributed by atoms with Crippen molar-refractivity contribution in [3.8, 4) is 11.5 Å². The molecular weight excluding hydrogens is 272 g/mol. The molecule has 0 fully saturated rings. The quantitative estimate of drug-likeness (QED) is 0.654. The fourth-order valence-electron chi connectivity index (χ4n) is 2.11. The third kappa shape index (κ3) is 4.16. The van der Waals surface area contributed by atoms with Crippen LogP contribution in [0.4, 0.5) is 0 Å². The molecule has 2 nitrogen and oxygen atoms in total. The summed E-state index contributed by atoms with van der Waals surface area (Å²) in [6.45, 7) is 12.7. The third-order valence-corrected chi connectivity index (χ3v) is 4.27. The molecule has 0 N–H and O–H groups in total. The van der Waals surface area contributed by atoms with Gasteiger partial charge in [0.2, 0.25) is 0 Å². The van der Waals surface area contributed by atoms with Crippen molar-refractivity contribution in [2.75, 3.05) is 0 Å². The van der Waals surface area contributed by atoms with Gasteiger partial charge in [-0.3, -0.25) is 0 Å². The minimum Gasteiger partial charge on any atom is -0.488 e. The van der Waals surface area contributed by atoms with Crippen LogP contribution in [0, 0.1) is 0 Å². The van der Waals surface area contributed by atoms with Gasteiger partial charge < -0.3 is 9.47 Å². The van der Waals surface area contributed by atoms with Gasteiger partial charge in [0.25, 0.3) is 0 Å². The van der Waals surface area contributed by atoms with Crippen LogP contribution in [0.3, 0.4) is 0 Å². The van der Waals surface area contributed by atoms with Gasteiger partial charge in [-0.1, -0.05) is 26.0 Å². The van der Waals surface area contributed by atoms with Crippen molar-refractivity contribution in [3.05, 3.63) is 36.4 Å². The average molecular weight is 300 g/mol. The molecule has 120 valence electrons. The molecule has 0 saturated carbocycles. The second-order valence-electron chi connectivity index (χ2n) is 7.10. The molecule has 0 aliphatic carbocycles. The SMILES string of the molecule is CCC(C)(C)Oc1ccc2cc(OC(C)(C)CC)ccc2c1. The maximum atomic E-state index is 6.06. The third-order valence-electron chi connectivity index (χ3n) is 4.27. The molecule has 0 unspecified atom stereocenters. The molecule has 2 aromatic rings. The lowest BCUT2D eigenvalue weighted by Crippen LogP contribution is -2.26. The zero-order chi connectivity index (χ0) is 16.4. The summed E-state index contributed by atoms with van der Waals surface area (Å²) in [7, 11) is 0. The fraction of sp³-hybridized carbons (Fsp3) is 0.500. The highest BCUT2D eigenvalue weighted by molar-refractivity contribution is 5.85. The molecule has 2 rings (SSSR count). The predicted molar refractivity (Wildman–Crippen MR) is 93.9 cm³/mol. The molecule has 0 radical (unpaired) electrons. The summed E-state index contributed by atoms with van der Waals surface area (Å²) in [5.41, 5.74) is -0.274. The van der Waals surface area contributed by atoms with E-state index in [1.54, 1.807) is 0 Å². The molecule has 0 amide bonds. The van der Waals surface area contributed by atoms with Gasteiger partial charge in [-0.05, 0) is 75.6 Å². The molecule has 0 aliphatic rings. The molecule has 0 saturated heterocycles. The van der Waals surface area contributed by atoms with E-state index in [4.69, 9.17) is 9.47 Å². The van der Waals surface area contributed by atoms with Crippen molar-refractivity contribution in [3.63, 3.8) is 0 Å². The zero-order valence-corrected chi connectivity index (χ0v) is 14.7. The largest absolute Gasteiger partial charge is 0.488 e. The van der Waals surface area contributed by atoms with Crippen molar-refractivity contribution >= 4 is 10.8 Å². The van der Waals surface area contributed by atoms with Crippen LogP contribution in [-0.2, 0) is 0 Å². The standard InChI is InChI=1S/C20H28O2/c1-7-19(3,4)21-17-11-9-16-14-18(12-10-15(16)13-17)22-20(5,6)8-2/h9-14H,7-8H2,1-6H3. The lowest BCUT2D eigenvalue weighted by molar-refractivity contribution is 0.105. The van der Waals surface area contributed by atoms with Gasteiger partial charge in [0.1, 0.15) is 22.7 Å². The number of fused-ring (bicyclic) bond motifs is 1.